The summed E-state index contributed by atoms with van der Waals surface area (Å²) in [5, 5.41) is 95.2. The summed E-state index contributed by atoms with van der Waals surface area (Å²) < 4.78 is 9.58. The second-order valence-electron chi connectivity index (χ2n) is 15.3. The summed E-state index contributed by atoms with van der Waals surface area (Å²) in [5.41, 5.74) is -6.37. The fraction of sp³-hybridized carbons (Fsp3) is 0.349. The molecule has 0 amide bonds. The van der Waals surface area contributed by atoms with Crippen molar-refractivity contribution in [3.05, 3.63) is 82.3 Å². The molecule has 0 saturated heterocycles. The van der Waals surface area contributed by atoms with Gasteiger partial charge in [0.05, 0.1) is 71.3 Å². The van der Waals surface area contributed by atoms with Crippen LogP contribution in [0.25, 0.3) is 32.7 Å². The summed E-state index contributed by atoms with van der Waals surface area (Å²) in [6.45, 7) is 7.65. The molecule has 0 spiro atoms. The van der Waals surface area contributed by atoms with Gasteiger partial charge in [-0.05, 0) is 57.0 Å². The van der Waals surface area contributed by atoms with Gasteiger partial charge in [-0.15, -0.1) is 0 Å². The number of carbonyl (C=O) groups is 4. The Bertz CT molecular complexity index is 2480. The van der Waals surface area contributed by atoms with E-state index in [1.165, 1.54) is 43.3 Å². The largest absolute Gasteiger partial charge is 0.511 e. The van der Waals surface area contributed by atoms with Crippen molar-refractivity contribution in [1.29, 1.82) is 0 Å². The van der Waals surface area contributed by atoms with Crippen molar-refractivity contribution in [3.8, 4) is 34.1 Å². The third kappa shape index (κ3) is 5.76. The molecule has 0 saturated carbocycles. The van der Waals surface area contributed by atoms with Gasteiger partial charge in [-0.1, -0.05) is 58.9 Å². The molecule has 2 aliphatic carbocycles. The first kappa shape index (κ1) is 40.5. The molecule has 2 aliphatic rings. The van der Waals surface area contributed by atoms with Gasteiger partial charge in [-0.3, -0.25) is 9.59 Å². The highest BCUT2D eigenvalue weighted by atomic mass is 16.5. The smallest absolute Gasteiger partial charge is 0.333 e. The molecule has 0 aliphatic heterocycles. The van der Waals surface area contributed by atoms with Crippen molar-refractivity contribution >= 4 is 45.0 Å². The van der Waals surface area contributed by atoms with Crippen LogP contribution in [0.5, 0.6) is 23.0 Å². The van der Waals surface area contributed by atoms with Crippen LogP contribution in [0.3, 0.4) is 0 Å². The van der Waals surface area contributed by atoms with E-state index in [4.69, 9.17) is 9.47 Å². The molecule has 0 aromatic heterocycles. The summed E-state index contributed by atoms with van der Waals surface area (Å²) in [7, 11) is 2.11. The van der Waals surface area contributed by atoms with E-state index in [2.05, 4.69) is 0 Å². The number of ether oxygens (including phenoxy) is 2. The van der Waals surface area contributed by atoms with Crippen LogP contribution in [0.2, 0.25) is 0 Å². The van der Waals surface area contributed by atoms with Crippen LogP contribution in [0.4, 0.5) is 0 Å². The molecule has 4 aromatic carbocycles. The molecule has 8 N–H and O–H groups in total. The van der Waals surface area contributed by atoms with Crippen LogP contribution in [0.1, 0.15) is 84.7 Å². The van der Waals surface area contributed by atoms with Crippen LogP contribution in [0, 0.1) is 17.8 Å². The Morgan fingerprint density at radius 1 is 0.702 bits per heavy atom. The van der Waals surface area contributed by atoms with E-state index in [0.717, 1.165) is 14.2 Å². The number of ketones is 2. The Hall–Kier alpha value is -6.12. The van der Waals surface area contributed by atoms with Gasteiger partial charge in [0.25, 0.3) is 0 Å². The highest BCUT2D eigenvalue weighted by Crippen LogP contribution is 2.62. The third-order valence-corrected chi connectivity index (χ3v) is 11.9. The molecule has 5 atom stereocenters. The van der Waals surface area contributed by atoms with Crippen LogP contribution in [0.15, 0.2) is 60.1 Å². The Labute approximate surface area is 326 Å². The Morgan fingerprint density at radius 3 is 1.58 bits per heavy atom. The summed E-state index contributed by atoms with van der Waals surface area (Å²) in [6.07, 6.45) is 0.692. The summed E-state index contributed by atoms with van der Waals surface area (Å²) in [6, 6.07) is 8.09. The lowest BCUT2D eigenvalue weighted by atomic mass is 9.57. The van der Waals surface area contributed by atoms with E-state index in [0.29, 0.717) is 12.2 Å². The molecule has 14 heteroatoms. The lowest BCUT2D eigenvalue weighted by Gasteiger charge is -2.48. The standard InChI is InChI=1S/C43H44O14/c1-17(2)42(54)16-26(48)33-34(37(42)24(46)14-27(49)56-6)31(20-10-8-12-22(44)29(20)40(33)52)32-21-11-9-13-23(45)30(21)41(53)36-35(32)38(25(47)15-28(50)57-7)43(55,18(3)4)19(5)39(36)51/h8-15,17-19,37-38,44-47,52-55H,16H2,1-7H3/b24-14-,25-15+. The van der Waals surface area contributed by atoms with Crippen LogP contribution in [-0.4, -0.2) is 89.8 Å². The van der Waals surface area contributed by atoms with E-state index >= 15 is 0 Å². The molecule has 57 heavy (non-hydrogen) atoms. The number of rotatable bonds is 7. The highest BCUT2D eigenvalue weighted by Gasteiger charge is 2.58. The highest BCUT2D eigenvalue weighted by molar-refractivity contribution is 6.22. The molecule has 4 aromatic rings. The number of hydrogen-bond acceptors (Lipinski definition) is 14. The minimum absolute atomic E-state index is 0.0604. The summed E-state index contributed by atoms with van der Waals surface area (Å²) >= 11 is 0. The molecular formula is C43H44O14. The monoisotopic (exact) mass is 784 g/mol. The SMILES string of the molecule is COC(=O)/C=C(\O)C1c2c(c(O)c3c(O)cccc3c2-c2c3c(c(O)c4c(O)cccc24)C(=O)C(C)C(O)(C(C)C)C3/C(O)=C\C(=O)OC)C(=O)CC1(O)C(C)C. The van der Waals surface area contributed by atoms with Crippen molar-refractivity contribution in [2.45, 2.75) is 64.1 Å². The van der Waals surface area contributed by atoms with E-state index in [1.54, 1.807) is 27.7 Å². The predicted octanol–water partition coefficient (Wildman–Crippen LogP) is 6.07. The van der Waals surface area contributed by atoms with E-state index in [-0.39, 0.29) is 43.8 Å². The van der Waals surface area contributed by atoms with Gasteiger partial charge >= 0.3 is 11.9 Å². The number of Topliss-reactive ketones (excluding diaryl/α,β-unsaturated/α-hetero) is 2. The molecular weight excluding hydrogens is 740 g/mol. The number of esters is 2. The Kier molecular flexibility index (Phi) is 10.0. The molecule has 14 nitrogen and oxygen atoms in total. The molecule has 0 radical (unpaired) electrons. The second kappa shape index (κ2) is 14.1. The number of aromatic hydroxyl groups is 4. The number of fused-ring (bicyclic) bond motifs is 4. The molecule has 0 heterocycles. The zero-order valence-corrected chi connectivity index (χ0v) is 32.2. The average molecular weight is 785 g/mol. The molecule has 300 valence electrons. The fourth-order valence-electron chi connectivity index (χ4n) is 8.98. The molecule has 0 bridgehead atoms. The van der Waals surface area contributed by atoms with Gasteiger partial charge in [0, 0.05) is 12.3 Å². The maximum Gasteiger partial charge on any atom is 0.333 e. The van der Waals surface area contributed by atoms with Crippen LogP contribution < -0.4 is 0 Å². The molecule has 0 fully saturated rings. The second-order valence-corrected chi connectivity index (χ2v) is 15.3. The predicted molar refractivity (Wildman–Crippen MR) is 207 cm³/mol. The third-order valence-electron chi connectivity index (χ3n) is 11.9. The van der Waals surface area contributed by atoms with Gasteiger partial charge < -0.3 is 50.3 Å². The van der Waals surface area contributed by atoms with Gasteiger partial charge in [-0.25, -0.2) is 9.59 Å². The first-order chi connectivity index (χ1) is 26.7. The Balaban J connectivity index is 2.03. The van der Waals surface area contributed by atoms with Gasteiger partial charge in [-0.2, -0.15) is 0 Å². The minimum Gasteiger partial charge on any atom is -0.511 e. The van der Waals surface area contributed by atoms with Gasteiger partial charge in [0.15, 0.2) is 11.6 Å². The number of phenols is 4. The number of aliphatic hydroxyl groups is 4. The number of aliphatic hydroxyl groups excluding tert-OH is 2. The number of carbonyl (C=O) groups excluding carboxylic acids is 4. The number of phenolic OH excluding ortho intramolecular Hbond substituents is 4. The molecule has 5 unspecified atom stereocenters. The lowest BCUT2D eigenvalue weighted by Crippen LogP contribution is -2.54. The van der Waals surface area contributed by atoms with E-state index in [1.807, 2.05) is 0 Å². The lowest BCUT2D eigenvalue weighted by molar-refractivity contribution is -0.136. The fourth-order valence-corrected chi connectivity index (χ4v) is 8.98. The van der Waals surface area contributed by atoms with E-state index < -0.39 is 116 Å². The summed E-state index contributed by atoms with van der Waals surface area (Å²) in [5.74, 6) is -14.5. The zero-order valence-electron chi connectivity index (χ0n) is 32.2. The quantitative estimate of drug-likeness (QED) is 0.0602. The van der Waals surface area contributed by atoms with Crippen molar-refractivity contribution in [3.63, 3.8) is 0 Å². The Morgan fingerprint density at radius 2 is 1.14 bits per heavy atom. The van der Waals surface area contributed by atoms with Crippen molar-refractivity contribution in [2.75, 3.05) is 14.2 Å². The number of benzene rings is 4. The van der Waals surface area contributed by atoms with Crippen LogP contribution in [-0.2, 0) is 19.1 Å². The van der Waals surface area contributed by atoms with Crippen molar-refractivity contribution in [2.24, 2.45) is 17.8 Å². The van der Waals surface area contributed by atoms with Gasteiger partial charge in [0.2, 0.25) is 0 Å². The normalized spacial score (nSPS) is 23.9. The first-order valence-corrected chi connectivity index (χ1v) is 18.2. The molecule has 6 rings (SSSR count). The van der Waals surface area contributed by atoms with Crippen molar-refractivity contribution < 1.29 is 69.5 Å². The maximum atomic E-state index is 14.7. The van der Waals surface area contributed by atoms with Crippen molar-refractivity contribution in [1.82, 2.24) is 0 Å². The first-order valence-electron chi connectivity index (χ1n) is 18.2. The van der Waals surface area contributed by atoms with Crippen LogP contribution >= 0.6 is 0 Å². The zero-order chi connectivity index (χ0) is 42.2. The van der Waals surface area contributed by atoms with E-state index in [9.17, 15) is 60.0 Å². The number of methoxy groups -OCH3 is 2. The van der Waals surface area contributed by atoms with Gasteiger partial charge in [0.1, 0.15) is 34.5 Å². The maximum absolute atomic E-state index is 14.7. The number of hydrogen-bond donors (Lipinski definition) is 8. The average Bonchev–Trinajstić information content (AvgIpc) is 3.14. The topological polar surface area (TPSA) is 249 Å². The summed E-state index contributed by atoms with van der Waals surface area (Å²) in [4.78, 5) is 54.6. The minimum atomic E-state index is -2.24.